The number of carbonyl (C=O) groups excluding carboxylic acids is 1. The number of nitrogens with zero attached hydrogens (tertiary/aromatic N) is 5. The van der Waals surface area contributed by atoms with Crippen LogP contribution in [0, 0.1) is 11.6 Å². The van der Waals surface area contributed by atoms with Crippen LogP contribution in [0.15, 0.2) is 30.5 Å². The fourth-order valence-electron chi connectivity index (χ4n) is 8.53. The van der Waals surface area contributed by atoms with Crippen LogP contribution >= 0.6 is 0 Å². The summed E-state index contributed by atoms with van der Waals surface area (Å²) in [6.45, 7) is 4.65. The van der Waals surface area contributed by atoms with Crippen LogP contribution in [-0.2, 0) is 11.2 Å². The van der Waals surface area contributed by atoms with Gasteiger partial charge in [-0.05, 0) is 73.2 Å². The fourth-order valence-corrected chi connectivity index (χ4v) is 8.53. The molecule has 11 nitrogen and oxygen atoms in total. The maximum Gasteiger partial charge on any atom is 0.319 e. The van der Waals surface area contributed by atoms with Gasteiger partial charge in [0.2, 0.25) is 0 Å². The van der Waals surface area contributed by atoms with E-state index in [1.165, 1.54) is 13.2 Å². The van der Waals surface area contributed by atoms with Crippen LogP contribution in [0.4, 0.5) is 23.8 Å². The molecule has 8 rings (SSSR count). The second-order valence-corrected chi connectivity index (χ2v) is 14.0. The number of carbonyl (C=O) groups is 1. The molecule has 0 radical (unpaired) electrons. The van der Waals surface area contributed by atoms with Gasteiger partial charge in [-0.15, -0.1) is 0 Å². The average molecular weight is 692 g/mol. The van der Waals surface area contributed by atoms with Gasteiger partial charge in [-0.25, -0.2) is 18.0 Å². The number of halogens is 3. The second kappa shape index (κ2) is 12.7. The Morgan fingerprint density at radius 2 is 1.96 bits per heavy atom. The van der Waals surface area contributed by atoms with Crippen molar-refractivity contribution in [3.8, 4) is 23.0 Å². The Morgan fingerprint density at radius 1 is 1.10 bits per heavy atom. The molecule has 4 aliphatic rings. The maximum atomic E-state index is 17.2. The second-order valence-electron chi connectivity index (χ2n) is 14.0. The van der Waals surface area contributed by atoms with Crippen molar-refractivity contribution >= 4 is 33.5 Å². The summed E-state index contributed by atoms with van der Waals surface area (Å²) in [7, 11) is 1.50. The fraction of sp³-hybridized carbons (Fsp3) is 0.500. The lowest BCUT2D eigenvalue weighted by molar-refractivity contribution is 0.0512. The standard InChI is InChI=1S/C36H40F3N7O4/c1-3-24-27(38)7-6-21-12-23(50-20-48-2)13-25(28(21)24)30-29(39)31-26(15-40-30)32(45-10-4-8-35(18-45)17-41-33(47)44-35)43-34(42-31)49-19-36-9-5-11-46(36)16-22(37)14-36/h6-7,12-13,15,22H,3-5,8-11,14,16-20H2,1-2H3,(H2,41,44,47)/t22-,35?,36+/m1/s1. The number of anilines is 1. The minimum absolute atomic E-state index is 0.00964. The number of urea groups is 1. The molecule has 3 atom stereocenters. The smallest absolute Gasteiger partial charge is 0.319 e. The number of ether oxygens (including phenoxy) is 3. The highest BCUT2D eigenvalue weighted by molar-refractivity contribution is 6.02. The molecule has 0 saturated carbocycles. The SMILES string of the molecule is CCc1c(F)ccc2cc(OCOC)cc(-c3ncc4c(N5CCCC6(CNC(=O)N6)C5)nc(OC[C@@]56CCCN5C[C@H](F)C6)nc4c3F)c12. The number of hydrogen-bond donors (Lipinski definition) is 2. The summed E-state index contributed by atoms with van der Waals surface area (Å²) in [5.74, 6) is -0.282. The number of benzene rings is 2. The van der Waals surface area contributed by atoms with Crippen molar-refractivity contribution in [2.45, 2.75) is 62.7 Å². The van der Waals surface area contributed by atoms with Gasteiger partial charge in [0.25, 0.3) is 0 Å². The Morgan fingerprint density at radius 3 is 2.76 bits per heavy atom. The summed E-state index contributed by atoms with van der Waals surface area (Å²) in [6.07, 6.45) is 4.62. The van der Waals surface area contributed by atoms with Crippen LogP contribution in [0.3, 0.4) is 0 Å². The van der Waals surface area contributed by atoms with Crippen molar-refractivity contribution in [2.24, 2.45) is 0 Å². The minimum Gasteiger partial charge on any atom is -0.468 e. The molecule has 4 saturated heterocycles. The molecular weight excluding hydrogens is 651 g/mol. The van der Waals surface area contributed by atoms with Gasteiger partial charge < -0.3 is 29.7 Å². The highest BCUT2D eigenvalue weighted by atomic mass is 19.1. The molecule has 4 aromatic rings. The van der Waals surface area contributed by atoms with E-state index in [9.17, 15) is 9.18 Å². The third-order valence-corrected chi connectivity index (χ3v) is 10.8. The summed E-state index contributed by atoms with van der Waals surface area (Å²) in [5, 5.41) is 7.50. The summed E-state index contributed by atoms with van der Waals surface area (Å²) in [4.78, 5) is 30.4. The van der Waals surface area contributed by atoms with Gasteiger partial charge >= 0.3 is 12.0 Å². The normalized spacial score (nSPS) is 25.0. The lowest BCUT2D eigenvalue weighted by Gasteiger charge is -2.40. The van der Waals surface area contributed by atoms with E-state index in [0.717, 1.165) is 32.2 Å². The van der Waals surface area contributed by atoms with Crippen molar-refractivity contribution in [1.29, 1.82) is 0 Å². The van der Waals surface area contributed by atoms with E-state index in [4.69, 9.17) is 19.2 Å². The molecule has 264 valence electrons. The van der Waals surface area contributed by atoms with Gasteiger partial charge in [-0.1, -0.05) is 13.0 Å². The molecule has 50 heavy (non-hydrogen) atoms. The topological polar surface area (TPSA) is 114 Å². The number of pyridine rings is 1. The largest absolute Gasteiger partial charge is 0.468 e. The quantitative estimate of drug-likeness (QED) is 0.227. The van der Waals surface area contributed by atoms with Gasteiger partial charge in [0, 0.05) is 51.5 Å². The number of fused-ring (bicyclic) bond motifs is 3. The van der Waals surface area contributed by atoms with Crippen LogP contribution in [-0.4, -0.2) is 96.4 Å². The van der Waals surface area contributed by atoms with Crippen LogP contribution in [0.25, 0.3) is 32.9 Å². The van der Waals surface area contributed by atoms with Crippen LogP contribution in [0.5, 0.6) is 11.8 Å². The van der Waals surface area contributed by atoms with Crippen molar-refractivity contribution in [1.82, 2.24) is 30.5 Å². The van der Waals surface area contributed by atoms with E-state index in [2.05, 4.69) is 25.5 Å². The van der Waals surface area contributed by atoms with Crippen molar-refractivity contribution < 1.29 is 32.2 Å². The average Bonchev–Trinajstić information content (AvgIpc) is 3.77. The first-order chi connectivity index (χ1) is 24.2. The maximum absolute atomic E-state index is 17.2. The Balaban J connectivity index is 1.27. The number of piperidine rings is 1. The van der Waals surface area contributed by atoms with Gasteiger partial charge in [0.1, 0.15) is 41.4 Å². The van der Waals surface area contributed by atoms with E-state index < -0.39 is 28.9 Å². The molecule has 2 N–H and O–H groups in total. The minimum atomic E-state index is -0.936. The van der Waals surface area contributed by atoms with Crippen LogP contribution < -0.4 is 25.0 Å². The molecule has 2 amide bonds. The number of nitrogens with one attached hydrogen (secondary N) is 2. The van der Waals surface area contributed by atoms with E-state index in [0.29, 0.717) is 77.9 Å². The van der Waals surface area contributed by atoms with E-state index in [1.54, 1.807) is 24.4 Å². The highest BCUT2D eigenvalue weighted by Crippen LogP contribution is 2.42. The zero-order valence-corrected chi connectivity index (χ0v) is 28.2. The number of alkyl halides is 1. The molecule has 0 aliphatic carbocycles. The Bertz CT molecular complexity index is 1980. The molecule has 14 heteroatoms. The molecule has 0 bridgehead atoms. The first kappa shape index (κ1) is 32.8. The van der Waals surface area contributed by atoms with E-state index in [1.807, 2.05) is 11.8 Å². The van der Waals surface area contributed by atoms with Crippen molar-refractivity contribution in [2.75, 3.05) is 58.1 Å². The number of aryl methyl sites for hydroxylation is 1. The predicted octanol–water partition coefficient (Wildman–Crippen LogP) is 5.28. The van der Waals surface area contributed by atoms with Crippen molar-refractivity contribution in [3.63, 3.8) is 0 Å². The lowest BCUT2D eigenvalue weighted by atomic mass is 9.90. The van der Waals surface area contributed by atoms with Gasteiger partial charge in [-0.2, -0.15) is 9.97 Å². The molecule has 1 unspecified atom stereocenters. The predicted molar refractivity (Wildman–Crippen MR) is 181 cm³/mol. The first-order valence-corrected chi connectivity index (χ1v) is 17.3. The first-order valence-electron chi connectivity index (χ1n) is 17.3. The van der Waals surface area contributed by atoms with Gasteiger partial charge in [-0.3, -0.25) is 9.88 Å². The summed E-state index contributed by atoms with van der Waals surface area (Å²) < 4.78 is 64.1. The van der Waals surface area contributed by atoms with Crippen molar-refractivity contribution in [3.05, 3.63) is 47.7 Å². The number of aromatic nitrogens is 3. The van der Waals surface area contributed by atoms with E-state index >= 15 is 8.78 Å². The molecule has 4 aliphatic heterocycles. The summed E-state index contributed by atoms with van der Waals surface area (Å²) >= 11 is 0. The molecule has 2 aromatic heterocycles. The Labute approximate surface area is 287 Å². The number of rotatable bonds is 9. The van der Waals surface area contributed by atoms with Gasteiger partial charge in [0.05, 0.1) is 16.5 Å². The number of amides is 2. The van der Waals surface area contributed by atoms with Crippen LogP contribution in [0.2, 0.25) is 0 Å². The molecule has 6 heterocycles. The molecule has 4 fully saturated rings. The van der Waals surface area contributed by atoms with Crippen LogP contribution in [0.1, 0.15) is 44.6 Å². The third kappa shape index (κ3) is 5.62. The zero-order chi connectivity index (χ0) is 34.6. The molecule has 2 aromatic carbocycles. The summed E-state index contributed by atoms with van der Waals surface area (Å²) in [5.41, 5.74) is -0.227. The van der Waals surface area contributed by atoms with Gasteiger partial charge in [0.15, 0.2) is 12.6 Å². The number of methoxy groups -OCH3 is 1. The lowest BCUT2D eigenvalue weighted by Crippen LogP contribution is -2.56. The Kier molecular flexibility index (Phi) is 8.33. The molecular formula is C36H40F3N7O4. The monoisotopic (exact) mass is 691 g/mol. The summed E-state index contributed by atoms with van der Waals surface area (Å²) in [6, 6.07) is 6.19. The number of hydrogen-bond acceptors (Lipinski definition) is 9. The van der Waals surface area contributed by atoms with E-state index in [-0.39, 0.29) is 36.7 Å². The third-order valence-electron chi connectivity index (χ3n) is 10.8. The molecule has 1 spiro atoms. The Hall–Kier alpha value is -4.43. The highest BCUT2D eigenvalue weighted by Gasteiger charge is 2.49. The zero-order valence-electron chi connectivity index (χ0n) is 28.2.